The molecule has 0 bridgehead atoms. The fourth-order valence-electron chi connectivity index (χ4n) is 1.75. The van der Waals surface area contributed by atoms with Crippen molar-refractivity contribution < 1.29 is 28.2 Å². The summed E-state index contributed by atoms with van der Waals surface area (Å²) in [5.41, 5.74) is -0.310. The van der Waals surface area contributed by atoms with E-state index in [-0.39, 0.29) is 15.8 Å². The number of halogens is 3. The largest absolute Gasteiger partial charge is 0.490 e. The van der Waals surface area contributed by atoms with Crippen molar-refractivity contribution >= 4 is 21.9 Å². The van der Waals surface area contributed by atoms with E-state index in [1.165, 1.54) is 12.1 Å². The number of carboxylic acid groups (broad SMARTS) is 1. The normalized spacial score (nSPS) is 11.3. The van der Waals surface area contributed by atoms with Crippen LogP contribution in [0.4, 0.5) is 8.78 Å². The second-order valence-electron chi connectivity index (χ2n) is 4.24. The van der Waals surface area contributed by atoms with Crippen LogP contribution in [0.25, 0.3) is 0 Å². The van der Waals surface area contributed by atoms with Crippen molar-refractivity contribution in [3.05, 3.63) is 22.2 Å². The average molecular weight is 367 g/mol. The molecule has 4 nitrogen and oxygen atoms in total. The molecule has 1 rings (SSSR count). The Morgan fingerprint density at radius 1 is 1.24 bits per heavy atom. The van der Waals surface area contributed by atoms with Gasteiger partial charge in [0, 0.05) is 16.5 Å². The Morgan fingerprint density at radius 2 is 1.76 bits per heavy atom. The first-order valence-corrected chi connectivity index (χ1v) is 7.30. The van der Waals surface area contributed by atoms with Gasteiger partial charge in [0.25, 0.3) is 5.92 Å². The minimum absolute atomic E-state index is 0.157. The summed E-state index contributed by atoms with van der Waals surface area (Å²) in [7, 11) is 0. The summed E-state index contributed by atoms with van der Waals surface area (Å²) in [5.74, 6) is -3.95. The number of hydrogen-bond acceptors (Lipinski definition) is 3. The van der Waals surface area contributed by atoms with Crippen molar-refractivity contribution in [3.8, 4) is 11.5 Å². The average Bonchev–Trinajstić information content (AvgIpc) is 2.40. The minimum Gasteiger partial charge on any atom is -0.490 e. The smallest absolute Gasteiger partial charge is 0.303 e. The molecule has 0 saturated heterocycles. The lowest BCUT2D eigenvalue weighted by molar-refractivity contribution is -0.139. The van der Waals surface area contributed by atoms with Gasteiger partial charge in [-0.25, -0.2) is 8.78 Å². The number of alkyl halides is 2. The molecule has 0 heterocycles. The van der Waals surface area contributed by atoms with Crippen molar-refractivity contribution in [2.45, 2.75) is 32.6 Å². The molecule has 1 N–H and O–H groups in total. The third-order valence-corrected chi connectivity index (χ3v) is 3.34. The molecule has 21 heavy (non-hydrogen) atoms. The van der Waals surface area contributed by atoms with E-state index < -0.39 is 24.7 Å². The van der Waals surface area contributed by atoms with Crippen LogP contribution in [0.5, 0.6) is 11.5 Å². The van der Waals surface area contributed by atoms with Gasteiger partial charge in [0.2, 0.25) is 0 Å². The predicted octanol–water partition coefficient (Wildman–Crippen LogP) is 4.20. The molecule has 0 spiro atoms. The van der Waals surface area contributed by atoms with Crippen LogP contribution in [0.2, 0.25) is 0 Å². The molecular weight excluding hydrogens is 350 g/mol. The molecule has 0 fully saturated rings. The van der Waals surface area contributed by atoms with Gasteiger partial charge in [-0.15, -0.1) is 0 Å². The summed E-state index contributed by atoms with van der Waals surface area (Å²) >= 11 is 3.08. The molecule has 1 aromatic carbocycles. The van der Waals surface area contributed by atoms with Crippen molar-refractivity contribution in [3.63, 3.8) is 0 Å². The maximum Gasteiger partial charge on any atom is 0.303 e. The second kappa shape index (κ2) is 7.59. The summed E-state index contributed by atoms with van der Waals surface area (Å²) in [6, 6.07) is 2.61. The number of benzene rings is 1. The molecule has 0 unspecified atom stereocenters. The Bertz CT molecular complexity index is 506. The molecule has 0 aliphatic carbocycles. The molecule has 0 aromatic heterocycles. The van der Waals surface area contributed by atoms with E-state index >= 15 is 0 Å². The van der Waals surface area contributed by atoms with Gasteiger partial charge in [0.15, 0.2) is 11.5 Å². The Balaban J connectivity index is 3.16. The number of carbonyl (C=O) groups is 1. The van der Waals surface area contributed by atoms with Gasteiger partial charge in [-0.1, -0.05) is 15.9 Å². The maximum atomic E-state index is 14.1. The van der Waals surface area contributed by atoms with E-state index in [2.05, 4.69) is 15.9 Å². The van der Waals surface area contributed by atoms with E-state index in [4.69, 9.17) is 14.6 Å². The highest BCUT2D eigenvalue weighted by Gasteiger charge is 2.35. The van der Waals surface area contributed by atoms with Crippen molar-refractivity contribution in [1.29, 1.82) is 0 Å². The summed E-state index contributed by atoms with van der Waals surface area (Å²) in [6.45, 7) is 4.20. The molecule has 0 amide bonds. The van der Waals surface area contributed by atoms with Gasteiger partial charge in [-0.2, -0.15) is 0 Å². The quantitative estimate of drug-likeness (QED) is 0.748. The molecule has 0 aliphatic heterocycles. The number of aliphatic carboxylic acids is 1. The first-order chi connectivity index (χ1) is 9.81. The number of hydrogen-bond donors (Lipinski definition) is 1. The van der Waals surface area contributed by atoms with E-state index in [0.29, 0.717) is 19.0 Å². The molecular formula is C14H17BrF2O4. The van der Waals surface area contributed by atoms with Crippen molar-refractivity contribution in [2.24, 2.45) is 0 Å². The Hall–Kier alpha value is -1.37. The van der Waals surface area contributed by atoms with Crippen LogP contribution in [0.3, 0.4) is 0 Å². The van der Waals surface area contributed by atoms with Crippen LogP contribution in [-0.4, -0.2) is 24.3 Å². The van der Waals surface area contributed by atoms with Gasteiger partial charge in [0.05, 0.1) is 19.6 Å². The highest BCUT2D eigenvalue weighted by Crippen LogP contribution is 2.43. The zero-order valence-electron chi connectivity index (χ0n) is 11.8. The number of carboxylic acids is 1. The van der Waals surface area contributed by atoms with Gasteiger partial charge < -0.3 is 14.6 Å². The van der Waals surface area contributed by atoms with Crippen LogP contribution >= 0.6 is 15.9 Å². The van der Waals surface area contributed by atoms with Crippen LogP contribution < -0.4 is 9.47 Å². The van der Waals surface area contributed by atoms with E-state index in [1.807, 2.05) is 0 Å². The maximum absolute atomic E-state index is 14.1. The second-order valence-corrected chi connectivity index (χ2v) is 5.10. The molecule has 0 aliphatic rings. The van der Waals surface area contributed by atoms with Gasteiger partial charge in [0.1, 0.15) is 0 Å². The van der Waals surface area contributed by atoms with Gasteiger partial charge in [-0.3, -0.25) is 4.79 Å². The van der Waals surface area contributed by atoms with Gasteiger partial charge in [-0.05, 0) is 26.0 Å². The Kier molecular flexibility index (Phi) is 6.39. The third kappa shape index (κ3) is 4.84. The first-order valence-electron chi connectivity index (χ1n) is 6.51. The molecule has 1 aromatic rings. The van der Waals surface area contributed by atoms with E-state index in [0.717, 1.165) is 0 Å². The lowest BCUT2D eigenvalue weighted by Crippen LogP contribution is -2.16. The lowest BCUT2D eigenvalue weighted by Gasteiger charge is -2.20. The fourth-order valence-corrected chi connectivity index (χ4v) is 2.36. The highest BCUT2D eigenvalue weighted by molar-refractivity contribution is 9.10. The highest BCUT2D eigenvalue weighted by atomic mass is 79.9. The van der Waals surface area contributed by atoms with E-state index in [1.54, 1.807) is 13.8 Å². The topological polar surface area (TPSA) is 55.8 Å². The summed E-state index contributed by atoms with van der Waals surface area (Å²) < 4.78 is 39.1. The SMILES string of the molecule is CCOc1cc(Br)c(C(F)(F)CCC(=O)O)cc1OCC. The lowest BCUT2D eigenvalue weighted by atomic mass is 10.0. The summed E-state index contributed by atoms with van der Waals surface area (Å²) in [4.78, 5) is 10.5. The Morgan fingerprint density at radius 3 is 2.24 bits per heavy atom. The van der Waals surface area contributed by atoms with Crippen LogP contribution in [-0.2, 0) is 10.7 Å². The monoisotopic (exact) mass is 366 g/mol. The molecule has 118 valence electrons. The van der Waals surface area contributed by atoms with Crippen molar-refractivity contribution in [1.82, 2.24) is 0 Å². The standard InChI is InChI=1S/C14H17BrF2O4/c1-3-20-11-7-9(10(15)8-12(11)21-4-2)14(16,17)6-5-13(18)19/h7-8H,3-6H2,1-2H3,(H,18,19). The summed E-state index contributed by atoms with van der Waals surface area (Å²) in [5, 5.41) is 8.56. The third-order valence-electron chi connectivity index (χ3n) is 2.68. The first kappa shape index (κ1) is 17.7. The number of rotatable bonds is 8. The molecule has 0 radical (unpaired) electrons. The predicted molar refractivity (Wildman–Crippen MR) is 77.2 cm³/mol. The fraction of sp³-hybridized carbons (Fsp3) is 0.500. The minimum atomic E-state index is -3.27. The molecule has 0 atom stereocenters. The molecule has 0 saturated carbocycles. The zero-order valence-corrected chi connectivity index (χ0v) is 13.4. The van der Waals surface area contributed by atoms with Crippen LogP contribution in [0.1, 0.15) is 32.3 Å². The Labute approximate surface area is 130 Å². The van der Waals surface area contributed by atoms with Crippen LogP contribution in [0.15, 0.2) is 16.6 Å². The van der Waals surface area contributed by atoms with Crippen LogP contribution in [0, 0.1) is 0 Å². The van der Waals surface area contributed by atoms with E-state index in [9.17, 15) is 13.6 Å². The summed E-state index contributed by atoms with van der Waals surface area (Å²) in [6.07, 6.45) is -1.39. The number of ether oxygens (including phenoxy) is 2. The molecule has 7 heteroatoms. The van der Waals surface area contributed by atoms with Crippen molar-refractivity contribution in [2.75, 3.05) is 13.2 Å². The van der Waals surface area contributed by atoms with Gasteiger partial charge >= 0.3 is 5.97 Å². The zero-order chi connectivity index (χ0) is 16.0.